The van der Waals surface area contributed by atoms with Gasteiger partial charge in [0, 0.05) is 33.0 Å². The molecule has 0 aliphatic carbocycles. The largest absolute Gasteiger partial charge is 0.473 e. The molecule has 0 rings (SSSR count). The minimum absolute atomic E-state index is 0. The number of rotatable bonds is 0. The normalized spacial score (nSPS) is 7.78. The molecule has 0 unspecified atom stereocenters. The van der Waals surface area contributed by atoms with Crippen molar-refractivity contribution in [1.29, 1.82) is 0 Å². The second-order valence-electron chi connectivity index (χ2n) is 1.96. The molecule has 0 amide bonds. The predicted molar refractivity (Wildman–Crippen MR) is 37.5 cm³/mol. The van der Waals surface area contributed by atoms with Gasteiger partial charge in [0.1, 0.15) is 0 Å². The van der Waals surface area contributed by atoms with Gasteiger partial charge < -0.3 is 19.7 Å². The maximum Gasteiger partial charge on any atom is 0.426 e. The summed E-state index contributed by atoms with van der Waals surface area (Å²) in [6.45, 7) is 0. The molecular weight excluding hydrogens is 349 g/mol. The number of carbonyl (C=O) groups excluding carboxylic acids is 4. The smallest absolute Gasteiger partial charge is 0.426 e. The molecule has 18 heavy (non-hydrogen) atoms. The van der Waals surface area contributed by atoms with E-state index in [-0.39, 0.29) is 33.0 Å². The SMILES string of the molecule is O=C(O)C(=O)OC(=O)C(=O)OC(=O)C(=O)O.[Ni].[Ni]. The molecule has 0 aliphatic rings. The molecule has 0 saturated carbocycles. The monoisotopic (exact) mass is 350 g/mol. The van der Waals surface area contributed by atoms with Crippen molar-refractivity contribution in [2.24, 2.45) is 0 Å². The minimum atomic E-state index is -2.16. The Morgan fingerprint density at radius 3 is 0.944 bits per heavy atom. The quantitative estimate of drug-likeness (QED) is 0.203. The van der Waals surface area contributed by atoms with E-state index in [2.05, 4.69) is 9.47 Å². The topological polar surface area (TPSA) is 161 Å². The number of aliphatic carboxylic acids is 2. The summed E-state index contributed by atoms with van der Waals surface area (Å²) in [4.78, 5) is 61.1. The molecule has 0 atom stereocenters. The Bertz CT molecular complexity index is 361. The number of esters is 4. The van der Waals surface area contributed by atoms with Gasteiger partial charge in [0.15, 0.2) is 0 Å². The van der Waals surface area contributed by atoms with Crippen LogP contribution in [0.2, 0.25) is 0 Å². The number of hydrogen-bond donors (Lipinski definition) is 2. The van der Waals surface area contributed by atoms with E-state index < -0.39 is 35.8 Å². The van der Waals surface area contributed by atoms with Crippen molar-refractivity contribution < 1.29 is 81.4 Å². The zero-order valence-corrected chi connectivity index (χ0v) is 9.77. The molecule has 0 aromatic carbocycles. The number of ether oxygens (including phenoxy) is 2. The van der Waals surface area contributed by atoms with E-state index in [1.54, 1.807) is 0 Å². The first-order valence-corrected chi connectivity index (χ1v) is 3.24. The molecule has 0 bridgehead atoms. The molecule has 2 N–H and O–H groups in total. The van der Waals surface area contributed by atoms with Crippen LogP contribution in [0, 0.1) is 0 Å². The third-order valence-electron chi connectivity index (χ3n) is 0.887. The van der Waals surface area contributed by atoms with Crippen molar-refractivity contribution in [3.05, 3.63) is 0 Å². The Labute approximate surface area is 117 Å². The van der Waals surface area contributed by atoms with Crippen molar-refractivity contribution in [3.63, 3.8) is 0 Å². The van der Waals surface area contributed by atoms with Crippen molar-refractivity contribution >= 4 is 35.8 Å². The van der Waals surface area contributed by atoms with E-state index in [9.17, 15) is 28.8 Å². The summed E-state index contributed by atoms with van der Waals surface area (Å²) >= 11 is 0. The van der Waals surface area contributed by atoms with Gasteiger partial charge in [-0.2, -0.15) is 0 Å². The molecule has 12 heteroatoms. The van der Waals surface area contributed by atoms with Gasteiger partial charge in [-0.25, -0.2) is 28.8 Å². The van der Waals surface area contributed by atoms with Crippen molar-refractivity contribution in [1.82, 2.24) is 0 Å². The fourth-order valence-corrected chi connectivity index (χ4v) is 0.339. The Hall–Kier alpha value is -1.79. The maximum atomic E-state index is 10.5. The first-order valence-electron chi connectivity index (χ1n) is 3.24. The van der Waals surface area contributed by atoms with Gasteiger partial charge in [0.25, 0.3) is 0 Å². The van der Waals surface area contributed by atoms with Crippen LogP contribution < -0.4 is 0 Å². The van der Waals surface area contributed by atoms with Crippen LogP contribution in [0.3, 0.4) is 0 Å². The Balaban J connectivity index is -0.00000112. The fraction of sp³-hybridized carbons (Fsp3) is 0. The molecule has 0 heterocycles. The van der Waals surface area contributed by atoms with Crippen LogP contribution in [0.4, 0.5) is 0 Å². The molecular formula is C6H2Ni2O10. The van der Waals surface area contributed by atoms with Crippen LogP contribution in [0.25, 0.3) is 0 Å². The molecule has 0 fully saturated rings. The summed E-state index contributed by atoms with van der Waals surface area (Å²) < 4.78 is 6.71. The van der Waals surface area contributed by atoms with E-state index in [4.69, 9.17) is 10.2 Å². The van der Waals surface area contributed by atoms with Crippen LogP contribution >= 0.6 is 0 Å². The fourth-order valence-electron chi connectivity index (χ4n) is 0.339. The van der Waals surface area contributed by atoms with Crippen LogP contribution in [0.1, 0.15) is 0 Å². The van der Waals surface area contributed by atoms with Crippen molar-refractivity contribution in [2.45, 2.75) is 0 Å². The van der Waals surface area contributed by atoms with Gasteiger partial charge in [-0.05, 0) is 0 Å². The number of carboxylic acids is 2. The zero-order chi connectivity index (χ0) is 12.9. The molecule has 106 valence electrons. The average molecular weight is 351 g/mol. The molecule has 0 spiro atoms. The van der Waals surface area contributed by atoms with Crippen LogP contribution in [-0.2, 0) is 71.2 Å². The van der Waals surface area contributed by atoms with Crippen LogP contribution in [0.5, 0.6) is 0 Å². The van der Waals surface area contributed by atoms with Gasteiger partial charge in [-0.15, -0.1) is 0 Å². The minimum Gasteiger partial charge on any atom is -0.473 e. The van der Waals surface area contributed by atoms with Gasteiger partial charge in [-0.1, -0.05) is 0 Å². The molecule has 0 aliphatic heterocycles. The Morgan fingerprint density at radius 1 is 0.556 bits per heavy atom. The maximum absolute atomic E-state index is 10.5. The second kappa shape index (κ2) is 9.26. The summed E-state index contributed by atoms with van der Waals surface area (Å²) in [7, 11) is 0. The summed E-state index contributed by atoms with van der Waals surface area (Å²) in [5.41, 5.74) is 0. The van der Waals surface area contributed by atoms with Crippen molar-refractivity contribution in [2.75, 3.05) is 0 Å². The summed E-state index contributed by atoms with van der Waals surface area (Å²) in [5.74, 6) is -12.7. The predicted octanol–water partition coefficient (Wildman–Crippen LogP) is -2.71. The standard InChI is InChI=1S/C6H2O10.2Ni/c7-1(8)3(11)15-5(13)6(14)16-4(12)2(9)10;;/h(H,7,8)(H,9,10);;. The Kier molecular flexibility index (Phi) is 11.1. The molecule has 10 nitrogen and oxygen atoms in total. The summed E-state index contributed by atoms with van der Waals surface area (Å²) in [6.07, 6.45) is 0. The van der Waals surface area contributed by atoms with Gasteiger partial charge in [0.2, 0.25) is 0 Å². The van der Waals surface area contributed by atoms with Gasteiger partial charge in [0.05, 0.1) is 0 Å². The first-order chi connectivity index (χ1) is 7.25. The zero-order valence-electron chi connectivity index (χ0n) is 7.79. The van der Waals surface area contributed by atoms with E-state index in [0.717, 1.165) is 0 Å². The summed E-state index contributed by atoms with van der Waals surface area (Å²) in [5, 5.41) is 15.9. The molecule has 0 aromatic heterocycles. The molecule has 0 aromatic rings. The summed E-state index contributed by atoms with van der Waals surface area (Å²) in [6, 6.07) is 0. The molecule has 0 saturated heterocycles. The molecule has 0 radical (unpaired) electrons. The first kappa shape index (κ1) is 21.5. The second-order valence-corrected chi connectivity index (χ2v) is 1.96. The van der Waals surface area contributed by atoms with Gasteiger partial charge in [-0.3, -0.25) is 0 Å². The van der Waals surface area contributed by atoms with E-state index >= 15 is 0 Å². The van der Waals surface area contributed by atoms with Crippen molar-refractivity contribution in [3.8, 4) is 0 Å². The third kappa shape index (κ3) is 7.48. The van der Waals surface area contributed by atoms with E-state index in [1.807, 2.05) is 0 Å². The third-order valence-corrected chi connectivity index (χ3v) is 0.887. The van der Waals surface area contributed by atoms with E-state index in [1.165, 1.54) is 0 Å². The van der Waals surface area contributed by atoms with Crippen LogP contribution in [0.15, 0.2) is 0 Å². The average Bonchev–Trinajstić information content (AvgIpc) is 2.16. The van der Waals surface area contributed by atoms with E-state index in [0.29, 0.717) is 0 Å². The Morgan fingerprint density at radius 2 is 0.778 bits per heavy atom. The van der Waals surface area contributed by atoms with Crippen LogP contribution in [-0.4, -0.2) is 46.0 Å². The number of carbonyl (C=O) groups is 6. The van der Waals surface area contributed by atoms with Gasteiger partial charge >= 0.3 is 35.8 Å². The number of carboxylic acid groups (broad SMARTS) is 2. The number of hydrogen-bond acceptors (Lipinski definition) is 8.